The SMILES string of the molecule is COCCC[n+]1ccc(C(OC2=C(C=CC3=[N+](CCOC)c4ccc5ccccc5c4C3(C)C)CCC2=CC=C2N(CCOC)c3ccc4ccccc4c3C2(C)C)C(C)(C)C)cc1. The van der Waals surface area contributed by atoms with Crippen molar-refractivity contribution in [2.24, 2.45) is 5.41 Å². The van der Waals surface area contributed by atoms with Crippen LogP contribution in [0.1, 0.15) is 90.5 Å². The second kappa shape index (κ2) is 18.6. The molecule has 3 aliphatic rings. The lowest BCUT2D eigenvalue weighted by Crippen LogP contribution is -2.34. The third-order valence-electron chi connectivity index (χ3n) is 13.7. The molecule has 1 aromatic heterocycles. The van der Waals surface area contributed by atoms with E-state index in [-0.39, 0.29) is 22.3 Å². The van der Waals surface area contributed by atoms with Crippen molar-refractivity contribution >= 4 is 38.6 Å². The van der Waals surface area contributed by atoms with Crippen LogP contribution in [-0.4, -0.2) is 64.5 Å². The Hall–Kier alpha value is -5.34. The van der Waals surface area contributed by atoms with Gasteiger partial charge in [0.15, 0.2) is 31.2 Å². The van der Waals surface area contributed by atoms with E-state index in [9.17, 15) is 0 Å². The Labute approximate surface area is 382 Å². The summed E-state index contributed by atoms with van der Waals surface area (Å²) in [5.74, 6) is 0.981. The first-order valence-electron chi connectivity index (χ1n) is 23.2. The Kier molecular flexibility index (Phi) is 13.2. The van der Waals surface area contributed by atoms with Crippen LogP contribution < -0.4 is 9.47 Å². The van der Waals surface area contributed by atoms with Crippen LogP contribution in [-0.2, 0) is 36.3 Å². The summed E-state index contributed by atoms with van der Waals surface area (Å²) in [4.78, 5) is 2.47. The molecular weight excluding hydrogens is 791 g/mol. The van der Waals surface area contributed by atoms with Crippen molar-refractivity contribution in [2.75, 3.05) is 59.1 Å². The lowest BCUT2D eigenvalue weighted by molar-refractivity contribution is -0.697. The van der Waals surface area contributed by atoms with E-state index in [0.717, 1.165) is 51.3 Å². The average molecular weight is 860 g/mol. The summed E-state index contributed by atoms with van der Waals surface area (Å²) >= 11 is 0. The average Bonchev–Trinajstić information content (AvgIpc) is 3.85. The number of aryl methyl sites for hydroxylation is 1. The van der Waals surface area contributed by atoms with Gasteiger partial charge in [0.2, 0.25) is 5.69 Å². The number of allylic oxidation sites excluding steroid dienone is 7. The fourth-order valence-corrected chi connectivity index (χ4v) is 10.5. The van der Waals surface area contributed by atoms with Crippen molar-refractivity contribution in [1.29, 1.82) is 0 Å². The predicted octanol–water partition coefficient (Wildman–Crippen LogP) is 12.0. The van der Waals surface area contributed by atoms with Crippen LogP contribution in [0.2, 0.25) is 0 Å². The van der Waals surface area contributed by atoms with Gasteiger partial charge < -0.3 is 23.8 Å². The highest BCUT2D eigenvalue weighted by Crippen LogP contribution is 2.51. The zero-order chi connectivity index (χ0) is 45.2. The summed E-state index contributed by atoms with van der Waals surface area (Å²) in [7, 11) is 5.34. The van der Waals surface area contributed by atoms with E-state index in [2.05, 4.69) is 184 Å². The maximum absolute atomic E-state index is 7.51. The first-order chi connectivity index (χ1) is 30.8. The molecule has 8 rings (SSSR count). The minimum absolute atomic E-state index is 0.185. The maximum atomic E-state index is 7.51. The molecule has 4 aromatic carbocycles. The molecule has 64 heavy (non-hydrogen) atoms. The molecule has 0 fully saturated rings. The third-order valence-corrected chi connectivity index (χ3v) is 13.7. The zero-order valence-electron chi connectivity index (χ0n) is 40.0. The van der Waals surface area contributed by atoms with Crippen LogP contribution in [0, 0.1) is 5.41 Å². The summed E-state index contributed by atoms with van der Waals surface area (Å²) in [5.41, 5.74) is 10.7. The van der Waals surface area contributed by atoms with E-state index < -0.39 is 0 Å². The van der Waals surface area contributed by atoms with Gasteiger partial charge in [-0.15, -0.1) is 0 Å². The van der Waals surface area contributed by atoms with Gasteiger partial charge in [-0.2, -0.15) is 4.58 Å². The molecule has 0 radical (unpaired) electrons. The van der Waals surface area contributed by atoms with Gasteiger partial charge in [-0.3, -0.25) is 0 Å². The molecule has 0 spiro atoms. The lowest BCUT2D eigenvalue weighted by Gasteiger charge is -2.32. The number of aromatic nitrogens is 1. The summed E-state index contributed by atoms with van der Waals surface area (Å²) in [6.07, 6.45) is 16.4. The van der Waals surface area contributed by atoms with Crippen molar-refractivity contribution in [2.45, 2.75) is 91.2 Å². The topological polar surface area (TPSA) is 47.0 Å². The monoisotopic (exact) mass is 860 g/mol. The molecule has 1 atom stereocenters. The van der Waals surface area contributed by atoms with Crippen molar-refractivity contribution in [1.82, 2.24) is 0 Å². The number of anilines is 1. The Morgan fingerprint density at radius 1 is 0.688 bits per heavy atom. The lowest BCUT2D eigenvalue weighted by atomic mass is 9.79. The van der Waals surface area contributed by atoms with Crippen LogP contribution >= 0.6 is 0 Å². The Morgan fingerprint density at radius 2 is 1.34 bits per heavy atom. The van der Waals surface area contributed by atoms with Crippen molar-refractivity contribution in [3.05, 3.63) is 161 Å². The van der Waals surface area contributed by atoms with Gasteiger partial charge in [0.05, 0.1) is 18.6 Å². The van der Waals surface area contributed by atoms with E-state index in [1.54, 1.807) is 21.3 Å². The number of methoxy groups -OCH3 is 3. The van der Waals surface area contributed by atoms with Crippen molar-refractivity contribution in [3.8, 4) is 0 Å². The van der Waals surface area contributed by atoms with Gasteiger partial charge in [0.25, 0.3) is 0 Å². The molecule has 1 aliphatic carbocycles. The first-order valence-corrected chi connectivity index (χ1v) is 23.2. The van der Waals surface area contributed by atoms with E-state index in [1.807, 2.05) is 0 Å². The molecule has 0 saturated carbocycles. The smallest absolute Gasteiger partial charge is 0.210 e. The van der Waals surface area contributed by atoms with Crippen LogP contribution in [0.4, 0.5) is 11.4 Å². The quantitative estimate of drug-likeness (QED) is 0.0731. The van der Waals surface area contributed by atoms with E-state index >= 15 is 0 Å². The van der Waals surface area contributed by atoms with Crippen LogP contribution in [0.5, 0.6) is 0 Å². The molecule has 0 amide bonds. The van der Waals surface area contributed by atoms with E-state index in [1.165, 1.54) is 72.2 Å². The third kappa shape index (κ3) is 8.62. The second-order valence-corrected chi connectivity index (χ2v) is 19.8. The highest BCUT2D eigenvalue weighted by Gasteiger charge is 2.46. The molecule has 7 heteroatoms. The van der Waals surface area contributed by atoms with Crippen molar-refractivity contribution in [3.63, 3.8) is 0 Å². The Balaban J connectivity index is 1.24. The van der Waals surface area contributed by atoms with Gasteiger partial charge in [0, 0.05) is 91.9 Å². The first kappa shape index (κ1) is 45.2. The second-order valence-electron chi connectivity index (χ2n) is 19.8. The van der Waals surface area contributed by atoms with Crippen LogP contribution in [0.3, 0.4) is 0 Å². The number of hydrogen-bond donors (Lipinski definition) is 0. The van der Waals surface area contributed by atoms with Crippen LogP contribution in [0.15, 0.2) is 144 Å². The van der Waals surface area contributed by atoms with E-state index in [4.69, 9.17) is 18.9 Å². The Bertz CT molecular complexity index is 2670. The number of hydrogen-bond acceptors (Lipinski definition) is 5. The summed E-state index contributed by atoms with van der Waals surface area (Å²) in [6.45, 7) is 20.8. The number of rotatable bonds is 16. The number of pyridine rings is 1. The predicted molar refractivity (Wildman–Crippen MR) is 263 cm³/mol. The standard InChI is InChI=1S/C57H69N3O4/c1-55(2,3)54(44-30-33-58(34-31-44)32-15-37-61-8)64-53-42(24-28-49-56(4,5)51-45-18-13-11-16-40(45)22-26-47(51)59(49)35-38-62-9)20-21-43(53)25-29-50-57(6,7)52-46-19-14-12-17-41(46)23-27-48(52)60(50)36-39-63-10/h11-14,16-19,22-31,33-34,54H,15,20-21,32,35-39H2,1-10H3/q+2. The normalized spacial score (nSPS) is 18.7. The number of fused-ring (bicyclic) bond motifs is 6. The van der Waals surface area contributed by atoms with Gasteiger partial charge in [-0.1, -0.05) is 95.3 Å². The largest absolute Gasteiger partial charge is 0.485 e. The summed E-state index contributed by atoms with van der Waals surface area (Å²) in [5, 5.41) is 5.14. The highest BCUT2D eigenvalue weighted by molar-refractivity contribution is 6.07. The fraction of sp³-hybridized carbons (Fsp3) is 0.404. The molecule has 0 saturated heterocycles. The maximum Gasteiger partial charge on any atom is 0.210 e. The zero-order valence-corrected chi connectivity index (χ0v) is 40.0. The molecule has 3 heterocycles. The van der Waals surface area contributed by atoms with Gasteiger partial charge in [-0.05, 0) is 89.2 Å². The minimum atomic E-state index is -0.237. The molecule has 334 valence electrons. The van der Waals surface area contributed by atoms with Gasteiger partial charge in [0.1, 0.15) is 18.5 Å². The molecule has 2 aliphatic heterocycles. The number of benzene rings is 4. The molecule has 1 unspecified atom stereocenters. The molecule has 0 bridgehead atoms. The highest BCUT2D eigenvalue weighted by atomic mass is 16.5. The van der Waals surface area contributed by atoms with Gasteiger partial charge in [-0.25, -0.2) is 4.57 Å². The molecule has 0 N–H and O–H groups in total. The molecular formula is C57H69N3O4+2. The minimum Gasteiger partial charge on any atom is -0.485 e. The van der Waals surface area contributed by atoms with E-state index in [0.29, 0.717) is 13.2 Å². The van der Waals surface area contributed by atoms with Gasteiger partial charge >= 0.3 is 0 Å². The summed E-state index contributed by atoms with van der Waals surface area (Å²) in [6, 6.07) is 31.1. The number of nitrogens with zero attached hydrogens (tertiary/aromatic N) is 3. The van der Waals surface area contributed by atoms with Crippen molar-refractivity contribution < 1.29 is 28.1 Å². The molecule has 5 aromatic rings. The fourth-order valence-electron chi connectivity index (χ4n) is 10.5. The Morgan fingerprint density at radius 3 is 2.02 bits per heavy atom. The molecule has 7 nitrogen and oxygen atoms in total. The summed E-state index contributed by atoms with van der Waals surface area (Å²) < 4.78 is 28.9. The van der Waals surface area contributed by atoms with Crippen LogP contribution in [0.25, 0.3) is 21.5 Å². The number of ether oxygens (including phenoxy) is 4.